The van der Waals surface area contributed by atoms with Gasteiger partial charge in [-0.3, -0.25) is 0 Å². The van der Waals surface area contributed by atoms with Crippen molar-refractivity contribution in [2.75, 3.05) is 0 Å². The Kier molecular flexibility index (Phi) is 3.89. The van der Waals surface area contributed by atoms with Gasteiger partial charge in [-0.2, -0.15) is 0 Å². The van der Waals surface area contributed by atoms with Gasteiger partial charge in [-0.15, -0.1) is 0 Å². The Bertz CT molecular complexity index is 540. The molecule has 4 heteroatoms. The lowest BCUT2D eigenvalue weighted by atomic mass is 10.2. The average Bonchev–Trinajstić information content (AvgIpc) is 2.32. The first kappa shape index (κ1) is 12.6. The van der Waals surface area contributed by atoms with Gasteiger partial charge in [0.2, 0.25) is 0 Å². The molecule has 17 heavy (non-hydrogen) atoms. The van der Waals surface area contributed by atoms with Gasteiger partial charge in [-0.05, 0) is 65.4 Å². The molecule has 0 spiro atoms. The van der Waals surface area contributed by atoms with E-state index in [4.69, 9.17) is 16.3 Å². The molecule has 0 aromatic heterocycles. The molecule has 0 aliphatic rings. The Morgan fingerprint density at radius 1 is 1.12 bits per heavy atom. The molecule has 2 aromatic carbocycles. The molecule has 0 heterocycles. The molecule has 0 aliphatic heterocycles. The number of rotatable bonds is 2. The van der Waals surface area contributed by atoms with Gasteiger partial charge < -0.3 is 4.74 Å². The molecular formula is C13H9ClFIO. The average molecular weight is 363 g/mol. The van der Waals surface area contributed by atoms with Crippen LogP contribution in [0.15, 0.2) is 36.4 Å². The minimum atomic E-state index is -0.420. The topological polar surface area (TPSA) is 9.23 Å². The summed E-state index contributed by atoms with van der Waals surface area (Å²) in [5.74, 6) is 0.223. The third-order valence-corrected chi connectivity index (χ3v) is 3.29. The Morgan fingerprint density at radius 3 is 2.41 bits per heavy atom. The van der Waals surface area contributed by atoms with Crippen molar-refractivity contribution in [3.05, 3.63) is 56.4 Å². The molecule has 0 saturated carbocycles. The van der Waals surface area contributed by atoms with Gasteiger partial charge in [0.1, 0.15) is 5.75 Å². The van der Waals surface area contributed by atoms with Crippen LogP contribution in [0.5, 0.6) is 11.5 Å². The third kappa shape index (κ3) is 2.90. The minimum absolute atomic E-state index is 0.0767. The van der Waals surface area contributed by atoms with Crippen LogP contribution in [0.3, 0.4) is 0 Å². The van der Waals surface area contributed by atoms with E-state index >= 15 is 0 Å². The highest BCUT2D eigenvalue weighted by Gasteiger charge is 2.12. The maximum Gasteiger partial charge on any atom is 0.181 e. The zero-order chi connectivity index (χ0) is 12.4. The molecule has 0 atom stereocenters. The predicted octanol–water partition coefficient (Wildman–Crippen LogP) is 5.18. The fourth-order valence-corrected chi connectivity index (χ4v) is 1.89. The number of halogens is 3. The second kappa shape index (κ2) is 5.23. The van der Waals surface area contributed by atoms with Crippen molar-refractivity contribution in [3.63, 3.8) is 0 Å². The molecule has 0 saturated heterocycles. The molecule has 0 amide bonds. The van der Waals surface area contributed by atoms with Crippen molar-refractivity contribution in [3.8, 4) is 11.5 Å². The maximum absolute atomic E-state index is 13.8. The van der Waals surface area contributed by atoms with Gasteiger partial charge in [-0.1, -0.05) is 17.7 Å². The van der Waals surface area contributed by atoms with Crippen molar-refractivity contribution in [1.82, 2.24) is 0 Å². The number of ether oxygens (including phenoxy) is 1. The third-order valence-electron chi connectivity index (χ3n) is 2.28. The summed E-state index contributed by atoms with van der Waals surface area (Å²) in [4.78, 5) is 0. The second-order valence-electron chi connectivity index (χ2n) is 3.56. The van der Waals surface area contributed by atoms with E-state index < -0.39 is 5.82 Å². The summed E-state index contributed by atoms with van der Waals surface area (Å²) in [7, 11) is 0. The van der Waals surface area contributed by atoms with E-state index in [1.54, 1.807) is 31.2 Å². The van der Waals surface area contributed by atoms with Crippen LogP contribution in [0.25, 0.3) is 0 Å². The van der Waals surface area contributed by atoms with Crippen molar-refractivity contribution >= 4 is 34.2 Å². The van der Waals surface area contributed by atoms with Crippen LogP contribution in [0, 0.1) is 16.3 Å². The highest BCUT2D eigenvalue weighted by molar-refractivity contribution is 14.1. The summed E-state index contributed by atoms with van der Waals surface area (Å²) in [6, 6.07) is 10.6. The Morgan fingerprint density at radius 2 is 1.76 bits per heavy atom. The fourth-order valence-electron chi connectivity index (χ4n) is 1.34. The monoisotopic (exact) mass is 362 g/mol. The molecule has 0 fully saturated rings. The normalized spacial score (nSPS) is 10.4. The van der Waals surface area contributed by atoms with Crippen molar-refractivity contribution in [2.45, 2.75) is 6.92 Å². The number of aryl methyl sites for hydroxylation is 1. The van der Waals surface area contributed by atoms with Crippen LogP contribution in [-0.4, -0.2) is 0 Å². The van der Waals surface area contributed by atoms with E-state index in [-0.39, 0.29) is 10.8 Å². The molecule has 88 valence electrons. The van der Waals surface area contributed by atoms with Gasteiger partial charge in [0.15, 0.2) is 11.6 Å². The molecule has 0 bridgehead atoms. The molecule has 0 aliphatic carbocycles. The lowest BCUT2D eigenvalue weighted by Crippen LogP contribution is -1.92. The summed E-state index contributed by atoms with van der Waals surface area (Å²) >= 11 is 8.11. The summed E-state index contributed by atoms with van der Waals surface area (Å²) in [6.07, 6.45) is 0. The SMILES string of the molecule is Cc1ccc(Cl)c(Oc2ccc(I)cc2)c1F. The Hall–Kier alpha value is -0.810. The highest BCUT2D eigenvalue weighted by Crippen LogP contribution is 2.33. The van der Waals surface area contributed by atoms with E-state index in [1.165, 1.54) is 0 Å². The molecule has 0 N–H and O–H groups in total. The van der Waals surface area contributed by atoms with Crippen LogP contribution >= 0.6 is 34.2 Å². The van der Waals surface area contributed by atoms with Crippen LogP contribution in [-0.2, 0) is 0 Å². The highest BCUT2D eigenvalue weighted by atomic mass is 127. The van der Waals surface area contributed by atoms with E-state index in [9.17, 15) is 4.39 Å². The predicted molar refractivity (Wildman–Crippen MR) is 75.4 cm³/mol. The first-order chi connectivity index (χ1) is 8.08. The zero-order valence-electron chi connectivity index (χ0n) is 9.01. The maximum atomic E-state index is 13.8. The summed E-state index contributed by atoms with van der Waals surface area (Å²) in [5.41, 5.74) is 0.509. The molecule has 2 rings (SSSR count). The standard InChI is InChI=1S/C13H9ClFIO/c1-8-2-7-11(14)13(12(8)15)17-10-5-3-9(16)4-6-10/h2-7H,1H3. The van der Waals surface area contributed by atoms with E-state index in [1.807, 2.05) is 12.1 Å². The van der Waals surface area contributed by atoms with Crippen molar-refractivity contribution in [1.29, 1.82) is 0 Å². The Labute approximate surface area is 118 Å². The van der Waals surface area contributed by atoms with Gasteiger partial charge >= 0.3 is 0 Å². The quantitative estimate of drug-likeness (QED) is 0.669. The Balaban J connectivity index is 2.36. The smallest absolute Gasteiger partial charge is 0.181 e. The lowest BCUT2D eigenvalue weighted by molar-refractivity contribution is 0.440. The van der Waals surface area contributed by atoms with E-state index in [0.717, 1.165) is 3.57 Å². The minimum Gasteiger partial charge on any atom is -0.453 e. The molecule has 1 nitrogen and oxygen atoms in total. The zero-order valence-corrected chi connectivity index (χ0v) is 11.9. The number of hydrogen-bond donors (Lipinski definition) is 0. The molecule has 2 aromatic rings. The lowest BCUT2D eigenvalue weighted by Gasteiger charge is -2.10. The van der Waals surface area contributed by atoms with Gasteiger partial charge in [0.05, 0.1) is 5.02 Å². The van der Waals surface area contributed by atoms with E-state index in [0.29, 0.717) is 11.3 Å². The number of hydrogen-bond acceptors (Lipinski definition) is 1. The van der Waals surface area contributed by atoms with Gasteiger partial charge in [0.25, 0.3) is 0 Å². The van der Waals surface area contributed by atoms with Crippen LogP contribution in [0.2, 0.25) is 5.02 Å². The van der Waals surface area contributed by atoms with Crippen LogP contribution < -0.4 is 4.74 Å². The van der Waals surface area contributed by atoms with Crippen molar-refractivity contribution < 1.29 is 9.13 Å². The molecule has 0 unspecified atom stereocenters. The van der Waals surface area contributed by atoms with Gasteiger partial charge in [-0.25, -0.2) is 4.39 Å². The second-order valence-corrected chi connectivity index (χ2v) is 5.22. The summed E-state index contributed by atoms with van der Waals surface area (Å²) in [6.45, 7) is 1.67. The number of benzene rings is 2. The molecular weight excluding hydrogens is 353 g/mol. The largest absolute Gasteiger partial charge is 0.453 e. The van der Waals surface area contributed by atoms with Crippen LogP contribution in [0.4, 0.5) is 4.39 Å². The summed E-state index contributed by atoms with van der Waals surface area (Å²) in [5, 5.41) is 0.270. The first-order valence-corrected chi connectivity index (χ1v) is 6.41. The van der Waals surface area contributed by atoms with Gasteiger partial charge in [0, 0.05) is 3.57 Å². The van der Waals surface area contributed by atoms with Crippen LogP contribution in [0.1, 0.15) is 5.56 Å². The van der Waals surface area contributed by atoms with E-state index in [2.05, 4.69) is 22.6 Å². The summed E-state index contributed by atoms with van der Waals surface area (Å²) < 4.78 is 20.4. The molecule has 0 radical (unpaired) electrons. The fraction of sp³-hybridized carbons (Fsp3) is 0.0769. The van der Waals surface area contributed by atoms with Crippen molar-refractivity contribution in [2.24, 2.45) is 0 Å². The first-order valence-electron chi connectivity index (χ1n) is 4.96.